The zero-order valence-corrected chi connectivity index (χ0v) is 18.1. The number of halogens is 1. The minimum absolute atomic E-state index is 0. The Balaban J connectivity index is 0.00000218. The molecule has 30 heavy (non-hydrogen) atoms. The van der Waals surface area contributed by atoms with E-state index in [1.54, 1.807) is 16.8 Å². The van der Waals surface area contributed by atoms with E-state index >= 15 is 0 Å². The van der Waals surface area contributed by atoms with Gasteiger partial charge in [-0.1, -0.05) is 30.3 Å². The van der Waals surface area contributed by atoms with Crippen molar-refractivity contribution >= 4 is 33.8 Å². The monoisotopic (exact) mass is 438 g/mol. The normalized spacial score (nSPS) is 13.3. The zero-order valence-electron chi connectivity index (χ0n) is 16.5. The largest absolute Gasteiger partial charge is 0.489 e. The lowest BCUT2D eigenvalue weighted by Crippen LogP contribution is -2.17. The van der Waals surface area contributed by atoms with Gasteiger partial charge in [0.1, 0.15) is 12.4 Å². The lowest BCUT2D eigenvalue weighted by atomic mass is 10.1. The molecule has 5 rings (SSSR count). The lowest BCUT2D eigenvalue weighted by molar-refractivity contribution is 0.305. The number of thiophene rings is 1. The molecule has 0 saturated heterocycles. The lowest BCUT2D eigenvalue weighted by Gasteiger charge is -2.10. The summed E-state index contributed by atoms with van der Waals surface area (Å²) in [5.74, 6) is 0.589. The number of ether oxygens (including phenoxy) is 1. The Morgan fingerprint density at radius 1 is 1.00 bits per heavy atom. The van der Waals surface area contributed by atoms with Crippen LogP contribution in [0.4, 0.5) is 0 Å². The molecule has 2 aromatic carbocycles. The quantitative estimate of drug-likeness (QED) is 0.500. The molecule has 1 aliphatic heterocycles. The highest BCUT2D eigenvalue weighted by Crippen LogP contribution is 2.34. The second-order valence-electron chi connectivity index (χ2n) is 7.28. The van der Waals surface area contributed by atoms with Crippen LogP contribution >= 0.6 is 23.7 Å². The molecule has 4 aromatic rings. The minimum Gasteiger partial charge on any atom is -0.489 e. The van der Waals surface area contributed by atoms with Crippen molar-refractivity contribution in [2.24, 2.45) is 0 Å². The molecule has 0 fully saturated rings. The van der Waals surface area contributed by atoms with Crippen LogP contribution in [-0.4, -0.2) is 17.7 Å². The molecule has 0 aliphatic carbocycles. The van der Waals surface area contributed by atoms with Crippen LogP contribution in [0.2, 0.25) is 0 Å². The Morgan fingerprint density at radius 3 is 2.67 bits per heavy atom. The van der Waals surface area contributed by atoms with Gasteiger partial charge in [0.2, 0.25) is 0 Å². The summed E-state index contributed by atoms with van der Waals surface area (Å²) in [5.41, 5.74) is 3.33. The molecule has 0 unspecified atom stereocenters. The Kier molecular flexibility index (Phi) is 6.23. The first-order valence-corrected chi connectivity index (χ1v) is 10.7. The molecule has 0 spiro atoms. The Labute approximate surface area is 185 Å². The minimum atomic E-state index is -0.0853. The molecule has 0 radical (unpaired) electrons. The molecule has 2 aromatic heterocycles. The van der Waals surface area contributed by atoms with E-state index in [9.17, 15) is 4.79 Å². The van der Waals surface area contributed by atoms with Gasteiger partial charge >= 0.3 is 0 Å². The first-order valence-electron chi connectivity index (χ1n) is 9.93. The third-order valence-electron chi connectivity index (χ3n) is 5.36. The van der Waals surface area contributed by atoms with E-state index < -0.39 is 0 Å². The van der Waals surface area contributed by atoms with Crippen LogP contribution < -0.4 is 15.6 Å². The van der Waals surface area contributed by atoms with Crippen molar-refractivity contribution in [3.05, 3.63) is 93.2 Å². The van der Waals surface area contributed by atoms with Gasteiger partial charge in [-0.05, 0) is 66.7 Å². The summed E-state index contributed by atoms with van der Waals surface area (Å²) < 4.78 is 8.78. The van der Waals surface area contributed by atoms with Crippen LogP contribution in [0.3, 0.4) is 0 Å². The highest BCUT2D eigenvalue weighted by atomic mass is 35.5. The summed E-state index contributed by atoms with van der Waals surface area (Å²) >= 11 is 1.88. The molecular weight excluding hydrogens is 416 g/mol. The average Bonchev–Trinajstić information content (AvgIpc) is 2.93. The van der Waals surface area contributed by atoms with Gasteiger partial charge in [-0.15, -0.1) is 23.7 Å². The van der Waals surface area contributed by atoms with Gasteiger partial charge in [0, 0.05) is 27.5 Å². The number of benzene rings is 2. The van der Waals surface area contributed by atoms with Crippen molar-refractivity contribution in [3.63, 3.8) is 0 Å². The zero-order chi connectivity index (χ0) is 19.6. The second kappa shape index (κ2) is 9.04. The molecule has 1 aliphatic rings. The van der Waals surface area contributed by atoms with Crippen molar-refractivity contribution < 1.29 is 4.74 Å². The van der Waals surface area contributed by atoms with Gasteiger partial charge in [0.25, 0.3) is 5.56 Å². The van der Waals surface area contributed by atoms with Crippen molar-refractivity contribution in [3.8, 4) is 11.4 Å². The second-order valence-corrected chi connectivity index (χ2v) is 8.42. The van der Waals surface area contributed by atoms with E-state index in [4.69, 9.17) is 4.74 Å². The van der Waals surface area contributed by atoms with E-state index in [0.29, 0.717) is 12.4 Å². The maximum absolute atomic E-state index is 12.7. The van der Waals surface area contributed by atoms with Crippen LogP contribution in [0, 0.1) is 0 Å². The fourth-order valence-electron chi connectivity index (χ4n) is 3.86. The molecule has 0 bridgehead atoms. The number of fused-ring (bicyclic) bond motifs is 3. The number of pyridine rings is 1. The number of hydrogen-bond acceptors (Lipinski definition) is 4. The SMILES string of the molecule is Cl.O=c1cc(OCc2ccccc2)ccn1-c1ccc2sc3c(c2c1)CCNCC3. The molecule has 0 atom stereocenters. The molecule has 0 saturated carbocycles. The number of nitrogens with zero attached hydrogens (tertiary/aromatic N) is 1. The van der Waals surface area contributed by atoms with E-state index in [2.05, 4.69) is 17.4 Å². The third kappa shape index (κ3) is 4.15. The van der Waals surface area contributed by atoms with Crippen molar-refractivity contribution in [2.45, 2.75) is 19.4 Å². The fourth-order valence-corrected chi connectivity index (χ4v) is 5.09. The summed E-state index contributed by atoms with van der Waals surface area (Å²) in [7, 11) is 0. The Hall–Kier alpha value is -2.60. The topological polar surface area (TPSA) is 43.3 Å². The Morgan fingerprint density at radius 2 is 1.83 bits per heavy atom. The standard InChI is InChI=1S/C24H22N2O2S.ClH/c27-24-15-19(28-16-17-4-2-1-3-5-17)10-13-26(24)18-6-7-22-21(14-18)20-8-11-25-12-9-23(20)29-22;/h1-7,10,13-15,25H,8-9,11-12,16H2;1H. The molecule has 4 nitrogen and oxygen atoms in total. The number of rotatable bonds is 4. The summed E-state index contributed by atoms with van der Waals surface area (Å²) in [4.78, 5) is 14.2. The van der Waals surface area contributed by atoms with E-state index in [-0.39, 0.29) is 18.0 Å². The van der Waals surface area contributed by atoms with Gasteiger partial charge in [-0.2, -0.15) is 0 Å². The number of aromatic nitrogens is 1. The highest BCUT2D eigenvalue weighted by Gasteiger charge is 2.15. The fraction of sp³-hybridized carbons (Fsp3) is 0.208. The van der Waals surface area contributed by atoms with E-state index in [1.165, 1.54) is 20.5 Å². The van der Waals surface area contributed by atoms with E-state index in [0.717, 1.165) is 37.2 Å². The van der Waals surface area contributed by atoms with Gasteiger partial charge in [0.15, 0.2) is 0 Å². The smallest absolute Gasteiger partial charge is 0.258 e. The summed E-state index contributed by atoms with van der Waals surface area (Å²) in [6.07, 6.45) is 3.92. The summed E-state index contributed by atoms with van der Waals surface area (Å²) in [6, 6.07) is 19.7. The molecule has 6 heteroatoms. The molecule has 0 amide bonds. The van der Waals surface area contributed by atoms with Crippen molar-refractivity contribution in [1.82, 2.24) is 9.88 Å². The average molecular weight is 439 g/mol. The molecule has 3 heterocycles. The predicted molar refractivity (Wildman–Crippen MR) is 126 cm³/mol. The van der Waals surface area contributed by atoms with Crippen molar-refractivity contribution in [1.29, 1.82) is 0 Å². The molecule has 154 valence electrons. The van der Waals surface area contributed by atoms with Crippen LogP contribution in [0.1, 0.15) is 16.0 Å². The summed E-state index contributed by atoms with van der Waals surface area (Å²) in [5, 5.41) is 4.75. The van der Waals surface area contributed by atoms with Crippen LogP contribution in [0.25, 0.3) is 15.8 Å². The van der Waals surface area contributed by atoms with Gasteiger partial charge < -0.3 is 10.1 Å². The van der Waals surface area contributed by atoms with Gasteiger partial charge in [0.05, 0.1) is 0 Å². The van der Waals surface area contributed by atoms with E-state index in [1.807, 2.05) is 53.8 Å². The maximum atomic E-state index is 12.7. The molecular formula is C24H23ClN2O2S. The molecule has 1 N–H and O–H groups in total. The highest BCUT2D eigenvalue weighted by molar-refractivity contribution is 7.19. The van der Waals surface area contributed by atoms with Crippen LogP contribution in [0.15, 0.2) is 71.7 Å². The number of nitrogens with one attached hydrogen (secondary N) is 1. The number of hydrogen-bond donors (Lipinski definition) is 1. The summed E-state index contributed by atoms with van der Waals surface area (Å²) in [6.45, 7) is 2.50. The van der Waals surface area contributed by atoms with Crippen LogP contribution in [-0.2, 0) is 19.4 Å². The first kappa shape index (κ1) is 20.7. The predicted octanol–water partition coefficient (Wildman–Crippen LogP) is 4.74. The maximum Gasteiger partial charge on any atom is 0.258 e. The van der Waals surface area contributed by atoms with Crippen LogP contribution in [0.5, 0.6) is 5.75 Å². The van der Waals surface area contributed by atoms with Gasteiger partial charge in [-0.3, -0.25) is 9.36 Å². The first-order chi connectivity index (χ1) is 14.3. The van der Waals surface area contributed by atoms with Gasteiger partial charge in [-0.25, -0.2) is 0 Å². The van der Waals surface area contributed by atoms with Crippen molar-refractivity contribution in [2.75, 3.05) is 13.1 Å². The Bertz CT molecular complexity index is 1220. The third-order valence-corrected chi connectivity index (χ3v) is 6.63.